The van der Waals surface area contributed by atoms with Crippen LogP contribution in [0.4, 0.5) is 13.2 Å². The third-order valence-electron chi connectivity index (χ3n) is 3.00. The minimum atomic E-state index is -4.18. The molecule has 1 heterocycles. The lowest BCUT2D eigenvalue weighted by Gasteiger charge is -2.13. The molecule has 0 aliphatic carbocycles. The van der Waals surface area contributed by atoms with Crippen LogP contribution in [0.5, 0.6) is 0 Å². The number of alkyl halides is 3. The Balaban J connectivity index is 1.88. The van der Waals surface area contributed by atoms with Gasteiger partial charge in [-0.1, -0.05) is 18.2 Å². The van der Waals surface area contributed by atoms with E-state index in [0.717, 1.165) is 11.1 Å². The molecule has 9 heteroatoms. The van der Waals surface area contributed by atoms with Gasteiger partial charge in [-0.2, -0.15) is 18.3 Å². The third kappa shape index (κ3) is 5.61. The average molecular weight is 326 g/mol. The first-order valence-electron chi connectivity index (χ1n) is 6.94. The summed E-state index contributed by atoms with van der Waals surface area (Å²) in [5.41, 5.74) is 1.82. The molecule has 0 aliphatic rings. The quantitative estimate of drug-likeness (QED) is 0.581. The summed E-state index contributed by atoms with van der Waals surface area (Å²) in [6.07, 6.45) is -3.67. The zero-order chi connectivity index (χ0) is 16.7. The molecule has 2 aromatic rings. The van der Waals surface area contributed by atoms with Crippen molar-refractivity contribution in [1.29, 1.82) is 0 Å². The molecule has 1 aromatic carbocycles. The monoisotopic (exact) mass is 326 g/mol. The van der Waals surface area contributed by atoms with Crippen molar-refractivity contribution in [2.45, 2.75) is 19.1 Å². The van der Waals surface area contributed by atoms with Gasteiger partial charge in [0.05, 0.1) is 6.42 Å². The summed E-state index contributed by atoms with van der Waals surface area (Å²) in [5.74, 6) is 0.971. The lowest BCUT2D eigenvalue weighted by molar-refractivity contribution is -0.132. The van der Waals surface area contributed by atoms with Gasteiger partial charge in [-0.05, 0) is 11.6 Å². The zero-order valence-corrected chi connectivity index (χ0v) is 12.5. The molecule has 3 N–H and O–H groups in total. The van der Waals surface area contributed by atoms with E-state index in [0.29, 0.717) is 18.3 Å². The van der Waals surface area contributed by atoms with Gasteiger partial charge in [0, 0.05) is 25.7 Å². The predicted molar refractivity (Wildman–Crippen MR) is 80.7 cm³/mol. The van der Waals surface area contributed by atoms with Gasteiger partial charge in [0.2, 0.25) is 0 Å². The maximum absolute atomic E-state index is 12.1. The Bertz CT molecular complexity index is 636. The highest BCUT2D eigenvalue weighted by molar-refractivity contribution is 5.79. The lowest BCUT2D eigenvalue weighted by atomic mass is 10.1. The number of guanidine groups is 1. The van der Waals surface area contributed by atoms with Gasteiger partial charge in [0.1, 0.15) is 6.33 Å². The van der Waals surface area contributed by atoms with Crippen molar-refractivity contribution in [3.8, 4) is 11.4 Å². The van der Waals surface area contributed by atoms with Crippen molar-refractivity contribution in [2.75, 3.05) is 13.6 Å². The van der Waals surface area contributed by atoms with Crippen molar-refractivity contribution in [3.05, 3.63) is 36.2 Å². The Morgan fingerprint density at radius 3 is 2.78 bits per heavy atom. The summed E-state index contributed by atoms with van der Waals surface area (Å²) in [5, 5.41) is 12.2. The summed E-state index contributed by atoms with van der Waals surface area (Å²) in [4.78, 5) is 7.97. The molecule has 0 radical (unpaired) electrons. The van der Waals surface area contributed by atoms with Gasteiger partial charge < -0.3 is 10.6 Å². The number of aromatic amines is 1. The molecule has 0 unspecified atom stereocenters. The molecule has 0 saturated carbocycles. The molecule has 0 atom stereocenters. The summed E-state index contributed by atoms with van der Waals surface area (Å²) >= 11 is 0. The number of hydrogen-bond donors (Lipinski definition) is 3. The SMILES string of the molecule is CN=C(NCCC(F)(F)F)NCc1cccc(-c2ncn[nH]2)c1. The molecular weight excluding hydrogens is 309 g/mol. The molecule has 6 nitrogen and oxygen atoms in total. The van der Waals surface area contributed by atoms with Gasteiger partial charge >= 0.3 is 6.18 Å². The summed E-state index contributed by atoms with van der Waals surface area (Å²) in [7, 11) is 1.51. The molecule has 0 amide bonds. The number of nitrogens with one attached hydrogen (secondary N) is 3. The lowest BCUT2D eigenvalue weighted by Crippen LogP contribution is -2.38. The molecule has 0 fully saturated rings. The minimum absolute atomic E-state index is 0.221. The molecule has 23 heavy (non-hydrogen) atoms. The van der Waals surface area contributed by atoms with Gasteiger partial charge in [0.15, 0.2) is 11.8 Å². The van der Waals surface area contributed by atoms with Crippen LogP contribution in [0.1, 0.15) is 12.0 Å². The molecule has 1 aromatic heterocycles. The predicted octanol–water partition coefficient (Wildman–Crippen LogP) is 2.09. The van der Waals surface area contributed by atoms with Crippen molar-refractivity contribution in [1.82, 2.24) is 25.8 Å². The van der Waals surface area contributed by atoms with Crippen LogP contribution in [0.15, 0.2) is 35.6 Å². The first kappa shape index (κ1) is 16.8. The molecular formula is C14H17F3N6. The maximum atomic E-state index is 12.1. The second-order valence-corrected chi connectivity index (χ2v) is 4.75. The maximum Gasteiger partial charge on any atom is 0.390 e. The second-order valence-electron chi connectivity index (χ2n) is 4.75. The fourth-order valence-electron chi connectivity index (χ4n) is 1.90. The second kappa shape index (κ2) is 7.61. The number of benzene rings is 1. The van der Waals surface area contributed by atoms with E-state index in [-0.39, 0.29) is 6.54 Å². The summed E-state index contributed by atoms with van der Waals surface area (Å²) in [6, 6.07) is 7.57. The smallest absolute Gasteiger partial charge is 0.356 e. The number of halogens is 3. The van der Waals surface area contributed by atoms with Crippen LogP contribution in [-0.4, -0.2) is 40.9 Å². The van der Waals surface area contributed by atoms with Crippen LogP contribution in [0.25, 0.3) is 11.4 Å². The topological polar surface area (TPSA) is 78.0 Å². The van der Waals surface area contributed by atoms with Crippen LogP contribution in [0.2, 0.25) is 0 Å². The van der Waals surface area contributed by atoms with Crippen molar-refractivity contribution >= 4 is 5.96 Å². The zero-order valence-electron chi connectivity index (χ0n) is 12.5. The molecule has 0 spiro atoms. The standard InChI is InChI=1S/C14H17F3N6/c1-18-13(19-6-5-14(15,16)17)20-8-10-3-2-4-11(7-10)12-21-9-22-23-12/h2-4,7,9H,5-6,8H2,1H3,(H2,18,19,20)(H,21,22,23). The highest BCUT2D eigenvalue weighted by Gasteiger charge is 2.26. The summed E-state index contributed by atoms with van der Waals surface area (Å²) in [6.45, 7) is 0.203. The molecule has 0 aliphatic heterocycles. The van der Waals surface area contributed by atoms with E-state index in [1.165, 1.54) is 13.4 Å². The van der Waals surface area contributed by atoms with E-state index < -0.39 is 12.6 Å². The van der Waals surface area contributed by atoms with E-state index in [1.54, 1.807) is 0 Å². The van der Waals surface area contributed by atoms with Crippen molar-refractivity contribution < 1.29 is 13.2 Å². The average Bonchev–Trinajstić information content (AvgIpc) is 3.04. The van der Waals surface area contributed by atoms with Gasteiger partial charge in [-0.15, -0.1) is 0 Å². The highest BCUT2D eigenvalue weighted by atomic mass is 19.4. The Labute approximate surface area is 131 Å². The van der Waals surface area contributed by atoms with Crippen molar-refractivity contribution in [2.24, 2.45) is 4.99 Å². The van der Waals surface area contributed by atoms with Crippen LogP contribution < -0.4 is 10.6 Å². The minimum Gasteiger partial charge on any atom is -0.356 e. The molecule has 0 bridgehead atoms. The molecule has 124 valence electrons. The van der Waals surface area contributed by atoms with Crippen LogP contribution in [0, 0.1) is 0 Å². The van der Waals surface area contributed by atoms with Crippen molar-refractivity contribution in [3.63, 3.8) is 0 Å². The van der Waals surface area contributed by atoms with Crippen LogP contribution >= 0.6 is 0 Å². The van der Waals surface area contributed by atoms with Gasteiger partial charge in [0.25, 0.3) is 0 Å². The Kier molecular flexibility index (Phi) is 5.56. The first-order valence-corrected chi connectivity index (χ1v) is 6.94. The number of aliphatic imine (C=N–C) groups is 1. The van der Waals surface area contributed by atoms with E-state index in [1.807, 2.05) is 24.3 Å². The fraction of sp³-hybridized carbons (Fsp3) is 0.357. The fourth-order valence-corrected chi connectivity index (χ4v) is 1.90. The van der Waals surface area contributed by atoms with E-state index >= 15 is 0 Å². The Hall–Kier alpha value is -2.58. The van der Waals surface area contributed by atoms with Gasteiger partial charge in [-0.3, -0.25) is 10.1 Å². The number of H-pyrrole nitrogens is 1. The number of hydrogen-bond acceptors (Lipinski definition) is 3. The highest BCUT2D eigenvalue weighted by Crippen LogP contribution is 2.18. The number of rotatable bonds is 5. The van der Waals surface area contributed by atoms with E-state index in [9.17, 15) is 13.2 Å². The molecule has 2 rings (SSSR count). The normalized spacial score (nSPS) is 12.3. The van der Waals surface area contributed by atoms with E-state index in [2.05, 4.69) is 30.8 Å². The number of aromatic nitrogens is 3. The van der Waals surface area contributed by atoms with E-state index in [4.69, 9.17) is 0 Å². The number of nitrogens with zero attached hydrogens (tertiary/aromatic N) is 3. The largest absolute Gasteiger partial charge is 0.390 e. The van der Waals surface area contributed by atoms with Crippen LogP contribution in [-0.2, 0) is 6.54 Å². The molecule has 0 saturated heterocycles. The Morgan fingerprint density at radius 2 is 2.13 bits per heavy atom. The van der Waals surface area contributed by atoms with Gasteiger partial charge in [-0.25, -0.2) is 4.98 Å². The van der Waals surface area contributed by atoms with Crippen LogP contribution in [0.3, 0.4) is 0 Å². The first-order chi connectivity index (χ1) is 11.0. The third-order valence-corrected chi connectivity index (χ3v) is 3.00. The summed E-state index contributed by atoms with van der Waals surface area (Å²) < 4.78 is 36.4. The Morgan fingerprint density at radius 1 is 1.30 bits per heavy atom.